The summed E-state index contributed by atoms with van der Waals surface area (Å²) in [5, 5.41) is 13.5. The van der Waals surface area contributed by atoms with Gasteiger partial charge in [-0.3, -0.25) is 9.59 Å². The minimum absolute atomic E-state index is 0.0159. The van der Waals surface area contributed by atoms with Crippen molar-refractivity contribution in [1.29, 1.82) is 0 Å². The van der Waals surface area contributed by atoms with E-state index in [0.29, 0.717) is 0 Å². The molecular weight excluding hydrogens is 224 g/mol. The number of carbonyl (C=O) groups excluding carboxylic acids is 1. The predicted molar refractivity (Wildman–Crippen MR) is 60.5 cm³/mol. The first kappa shape index (κ1) is 13.4. The lowest BCUT2D eigenvalue weighted by atomic mass is 10.2. The van der Waals surface area contributed by atoms with Gasteiger partial charge in [-0.2, -0.15) is 5.10 Å². The van der Waals surface area contributed by atoms with Crippen LogP contribution in [0.15, 0.2) is 17.1 Å². The molecule has 6 nitrogen and oxygen atoms in total. The van der Waals surface area contributed by atoms with Crippen molar-refractivity contribution in [2.45, 2.75) is 32.9 Å². The maximum Gasteiger partial charge on any atom is 0.308 e. The second-order valence-corrected chi connectivity index (χ2v) is 3.72. The Morgan fingerprint density at radius 2 is 2.35 bits per heavy atom. The fourth-order valence-electron chi connectivity index (χ4n) is 1.34. The number of carbonyl (C=O) groups is 1. The van der Waals surface area contributed by atoms with E-state index in [0.717, 1.165) is 10.2 Å². The van der Waals surface area contributed by atoms with Crippen LogP contribution < -0.4 is 5.56 Å². The summed E-state index contributed by atoms with van der Waals surface area (Å²) >= 11 is 0. The molecule has 1 aromatic heterocycles. The quantitative estimate of drug-likeness (QED) is 0.725. The highest BCUT2D eigenvalue weighted by Gasteiger charge is 2.13. The maximum absolute atomic E-state index is 11.5. The minimum atomic E-state index is -0.970. The van der Waals surface area contributed by atoms with Gasteiger partial charge in [0, 0.05) is 6.07 Å². The summed E-state index contributed by atoms with van der Waals surface area (Å²) < 4.78 is 5.81. The number of aromatic nitrogens is 2. The predicted octanol–water partition coefficient (Wildman–Crippen LogP) is -0.134. The van der Waals surface area contributed by atoms with E-state index in [9.17, 15) is 14.7 Å². The molecule has 1 atom stereocenters. The van der Waals surface area contributed by atoms with Crippen molar-refractivity contribution < 1.29 is 14.6 Å². The van der Waals surface area contributed by atoms with Crippen molar-refractivity contribution in [3.8, 4) is 0 Å². The second kappa shape index (κ2) is 6.15. The summed E-state index contributed by atoms with van der Waals surface area (Å²) in [6.45, 7) is 3.70. The lowest BCUT2D eigenvalue weighted by Gasteiger charge is -2.10. The molecule has 0 aliphatic carbocycles. The average molecular weight is 240 g/mol. The molecule has 6 heteroatoms. The molecule has 1 rings (SSSR count). The molecule has 0 spiro atoms. The van der Waals surface area contributed by atoms with Crippen LogP contribution in [0.2, 0.25) is 0 Å². The van der Waals surface area contributed by atoms with Crippen molar-refractivity contribution in [1.82, 2.24) is 9.78 Å². The summed E-state index contributed by atoms with van der Waals surface area (Å²) in [7, 11) is 0. The van der Waals surface area contributed by atoms with Crippen LogP contribution in [0.1, 0.15) is 18.9 Å². The molecule has 0 radical (unpaired) electrons. The number of hydrogen-bond acceptors (Lipinski definition) is 5. The average Bonchev–Trinajstić information content (AvgIpc) is 2.22. The number of nitrogens with zero attached hydrogens (tertiary/aromatic N) is 2. The zero-order chi connectivity index (χ0) is 12.8. The SMILES string of the molecule is CCOC(=O)CC(O)Cn1ncc(C)cc1=O. The van der Waals surface area contributed by atoms with E-state index < -0.39 is 12.1 Å². The largest absolute Gasteiger partial charge is 0.466 e. The van der Waals surface area contributed by atoms with Gasteiger partial charge in [0.2, 0.25) is 0 Å². The third kappa shape index (κ3) is 4.36. The van der Waals surface area contributed by atoms with Gasteiger partial charge in [-0.1, -0.05) is 0 Å². The molecule has 0 amide bonds. The van der Waals surface area contributed by atoms with Gasteiger partial charge in [0.1, 0.15) is 0 Å². The van der Waals surface area contributed by atoms with E-state index in [2.05, 4.69) is 5.10 Å². The Labute approximate surface area is 98.8 Å². The number of aryl methyl sites for hydroxylation is 1. The molecule has 0 bridgehead atoms. The zero-order valence-electron chi connectivity index (χ0n) is 9.92. The number of aliphatic hydroxyl groups excluding tert-OH is 1. The summed E-state index contributed by atoms with van der Waals surface area (Å²) in [5.41, 5.74) is 0.457. The van der Waals surface area contributed by atoms with Crippen molar-refractivity contribution in [2.75, 3.05) is 6.61 Å². The Balaban J connectivity index is 2.59. The third-order valence-electron chi connectivity index (χ3n) is 2.10. The van der Waals surface area contributed by atoms with E-state index >= 15 is 0 Å². The summed E-state index contributed by atoms with van der Waals surface area (Å²) in [4.78, 5) is 22.6. The summed E-state index contributed by atoms with van der Waals surface area (Å²) in [6, 6.07) is 1.42. The molecule has 0 saturated carbocycles. The van der Waals surface area contributed by atoms with Crippen LogP contribution >= 0.6 is 0 Å². The zero-order valence-corrected chi connectivity index (χ0v) is 9.92. The number of esters is 1. The maximum atomic E-state index is 11.5. The first-order chi connectivity index (χ1) is 8.02. The van der Waals surface area contributed by atoms with Gasteiger partial charge < -0.3 is 9.84 Å². The second-order valence-electron chi connectivity index (χ2n) is 3.72. The normalized spacial score (nSPS) is 12.2. The molecule has 0 aromatic carbocycles. The highest BCUT2D eigenvalue weighted by molar-refractivity contribution is 5.69. The lowest BCUT2D eigenvalue weighted by molar-refractivity contribution is -0.145. The smallest absolute Gasteiger partial charge is 0.308 e. The van der Waals surface area contributed by atoms with Gasteiger partial charge in [-0.25, -0.2) is 4.68 Å². The number of ether oxygens (including phenoxy) is 1. The molecule has 0 aliphatic rings. The standard InChI is InChI=1S/C11H16N2O4/c1-3-17-11(16)5-9(14)7-13-10(15)4-8(2)6-12-13/h4,6,9,14H,3,5,7H2,1-2H3. The molecule has 0 fully saturated rings. The fourth-order valence-corrected chi connectivity index (χ4v) is 1.34. The minimum Gasteiger partial charge on any atom is -0.466 e. The van der Waals surface area contributed by atoms with Crippen LogP contribution in [0.25, 0.3) is 0 Å². The van der Waals surface area contributed by atoms with Crippen molar-refractivity contribution in [2.24, 2.45) is 0 Å². The number of rotatable bonds is 5. The van der Waals surface area contributed by atoms with Crippen molar-refractivity contribution in [3.63, 3.8) is 0 Å². The molecule has 1 aromatic rings. The van der Waals surface area contributed by atoms with Gasteiger partial charge in [0.15, 0.2) is 0 Å². The molecule has 1 N–H and O–H groups in total. The van der Waals surface area contributed by atoms with Gasteiger partial charge in [-0.05, 0) is 19.4 Å². The Morgan fingerprint density at radius 1 is 1.65 bits per heavy atom. The van der Waals surface area contributed by atoms with Crippen LogP contribution in [0.5, 0.6) is 0 Å². The molecule has 0 aliphatic heterocycles. The fraction of sp³-hybridized carbons (Fsp3) is 0.545. The van der Waals surface area contributed by atoms with E-state index in [-0.39, 0.29) is 25.1 Å². The molecule has 17 heavy (non-hydrogen) atoms. The third-order valence-corrected chi connectivity index (χ3v) is 2.10. The van der Waals surface area contributed by atoms with Crippen LogP contribution in [-0.2, 0) is 16.1 Å². The van der Waals surface area contributed by atoms with Crippen LogP contribution in [0, 0.1) is 6.92 Å². The first-order valence-electron chi connectivity index (χ1n) is 5.40. The molecule has 0 saturated heterocycles. The summed E-state index contributed by atoms with van der Waals surface area (Å²) in [6.07, 6.45) is 0.413. The Kier molecular flexibility index (Phi) is 4.84. The van der Waals surface area contributed by atoms with Crippen LogP contribution in [0.4, 0.5) is 0 Å². The Morgan fingerprint density at radius 3 is 2.94 bits per heavy atom. The number of hydrogen-bond donors (Lipinski definition) is 1. The van der Waals surface area contributed by atoms with Gasteiger partial charge in [-0.15, -0.1) is 0 Å². The first-order valence-corrected chi connectivity index (χ1v) is 5.40. The van der Waals surface area contributed by atoms with E-state index in [1.54, 1.807) is 13.8 Å². The van der Waals surface area contributed by atoms with Gasteiger partial charge in [0.05, 0.1) is 31.9 Å². The Hall–Kier alpha value is -1.69. The van der Waals surface area contributed by atoms with Gasteiger partial charge in [0.25, 0.3) is 5.56 Å². The number of aliphatic hydroxyl groups is 1. The molecule has 1 unspecified atom stereocenters. The topological polar surface area (TPSA) is 81.4 Å². The molecule has 1 heterocycles. The monoisotopic (exact) mass is 240 g/mol. The van der Waals surface area contributed by atoms with Crippen molar-refractivity contribution in [3.05, 3.63) is 28.2 Å². The highest BCUT2D eigenvalue weighted by Crippen LogP contribution is 1.97. The van der Waals surface area contributed by atoms with E-state index in [1.165, 1.54) is 12.3 Å². The van der Waals surface area contributed by atoms with Gasteiger partial charge >= 0.3 is 5.97 Å². The van der Waals surface area contributed by atoms with E-state index in [1.807, 2.05) is 0 Å². The lowest BCUT2D eigenvalue weighted by Crippen LogP contribution is -2.30. The molecule has 94 valence electrons. The Bertz CT molecular complexity index is 441. The van der Waals surface area contributed by atoms with Crippen LogP contribution in [-0.4, -0.2) is 33.6 Å². The summed E-state index contributed by atoms with van der Waals surface area (Å²) in [5.74, 6) is -0.486. The highest BCUT2D eigenvalue weighted by atomic mass is 16.5. The van der Waals surface area contributed by atoms with Crippen molar-refractivity contribution >= 4 is 5.97 Å². The molecular formula is C11H16N2O4. The van der Waals surface area contributed by atoms with E-state index in [4.69, 9.17) is 4.74 Å². The van der Waals surface area contributed by atoms with Crippen LogP contribution in [0.3, 0.4) is 0 Å².